The van der Waals surface area contributed by atoms with Crippen LogP contribution in [0.15, 0.2) is 24.3 Å². The van der Waals surface area contributed by atoms with Crippen LogP contribution in [0.2, 0.25) is 0 Å². The topological polar surface area (TPSA) is 86.6 Å². The highest BCUT2D eigenvalue weighted by Gasteiger charge is 2.21. The van der Waals surface area contributed by atoms with Crippen LogP contribution in [0.5, 0.6) is 0 Å². The highest BCUT2D eigenvalue weighted by molar-refractivity contribution is 5.96. The predicted molar refractivity (Wildman–Crippen MR) is 75.5 cm³/mol. The van der Waals surface area contributed by atoms with E-state index in [2.05, 4.69) is 5.32 Å². The van der Waals surface area contributed by atoms with Gasteiger partial charge in [-0.05, 0) is 38.0 Å². The maximum Gasteiger partial charge on any atom is 0.326 e. The molecule has 0 radical (unpaired) electrons. The van der Waals surface area contributed by atoms with E-state index < -0.39 is 23.5 Å². The zero-order valence-corrected chi connectivity index (χ0v) is 12.0. The lowest BCUT2D eigenvalue weighted by molar-refractivity contribution is -0.139. The summed E-state index contributed by atoms with van der Waals surface area (Å²) >= 11 is 0. The predicted octanol–water partition coefficient (Wildman–Crippen LogP) is 1.90. The molecule has 0 saturated carbocycles. The molecular formula is C15H21NO4. The first-order chi connectivity index (χ1) is 9.25. The molecule has 1 unspecified atom stereocenters. The minimum Gasteiger partial charge on any atom is -0.480 e. The van der Waals surface area contributed by atoms with E-state index in [-0.39, 0.29) is 0 Å². The van der Waals surface area contributed by atoms with E-state index in [1.165, 1.54) is 0 Å². The Labute approximate surface area is 118 Å². The maximum absolute atomic E-state index is 12.1. The second kappa shape index (κ2) is 6.52. The third-order valence-electron chi connectivity index (χ3n) is 3.01. The van der Waals surface area contributed by atoms with Crippen molar-refractivity contribution in [1.29, 1.82) is 0 Å². The minimum absolute atomic E-state index is 0.340. The number of aliphatic hydroxyl groups is 1. The summed E-state index contributed by atoms with van der Waals surface area (Å²) in [6.45, 7) is 5.11. The standard InChI is InChI=1S/C15H21NO4/c1-4-6-12(14(18)19)16-13(17)10-7-5-8-11(9-10)15(2,3)20/h5,7-9,12,20H,4,6H2,1-3H3,(H,16,17)(H,18,19). The Morgan fingerprint density at radius 1 is 1.35 bits per heavy atom. The lowest BCUT2D eigenvalue weighted by atomic mass is 9.96. The van der Waals surface area contributed by atoms with Crippen LogP contribution in [-0.4, -0.2) is 28.1 Å². The van der Waals surface area contributed by atoms with Crippen molar-refractivity contribution in [3.8, 4) is 0 Å². The van der Waals surface area contributed by atoms with Gasteiger partial charge in [0.2, 0.25) is 0 Å². The number of nitrogens with one attached hydrogen (secondary N) is 1. The number of hydrogen-bond donors (Lipinski definition) is 3. The van der Waals surface area contributed by atoms with Gasteiger partial charge in [0, 0.05) is 5.56 Å². The molecule has 0 saturated heterocycles. The largest absolute Gasteiger partial charge is 0.480 e. The molecular weight excluding hydrogens is 258 g/mol. The van der Waals surface area contributed by atoms with Crippen LogP contribution < -0.4 is 5.32 Å². The minimum atomic E-state index is -1.05. The molecule has 0 aromatic heterocycles. The van der Waals surface area contributed by atoms with Gasteiger partial charge in [0.25, 0.3) is 5.91 Å². The molecule has 0 aliphatic rings. The van der Waals surface area contributed by atoms with Gasteiger partial charge in [-0.25, -0.2) is 4.79 Å². The molecule has 0 aliphatic carbocycles. The van der Waals surface area contributed by atoms with Gasteiger partial charge in [0.1, 0.15) is 6.04 Å². The third kappa shape index (κ3) is 4.35. The molecule has 0 heterocycles. The van der Waals surface area contributed by atoms with Crippen molar-refractivity contribution in [2.75, 3.05) is 0 Å². The number of hydrogen-bond acceptors (Lipinski definition) is 3. The Morgan fingerprint density at radius 3 is 2.50 bits per heavy atom. The average molecular weight is 279 g/mol. The Morgan fingerprint density at radius 2 is 2.00 bits per heavy atom. The molecule has 1 aromatic carbocycles. The van der Waals surface area contributed by atoms with Crippen LogP contribution in [-0.2, 0) is 10.4 Å². The van der Waals surface area contributed by atoms with Crippen molar-refractivity contribution in [3.63, 3.8) is 0 Å². The van der Waals surface area contributed by atoms with Gasteiger partial charge in [-0.1, -0.05) is 25.5 Å². The number of carbonyl (C=O) groups is 2. The van der Waals surface area contributed by atoms with E-state index >= 15 is 0 Å². The van der Waals surface area contributed by atoms with E-state index in [1.54, 1.807) is 38.1 Å². The van der Waals surface area contributed by atoms with E-state index in [9.17, 15) is 14.7 Å². The molecule has 1 amide bonds. The first-order valence-electron chi connectivity index (χ1n) is 6.62. The summed E-state index contributed by atoms with van der Waals surface area (Å²) in [5.74, 6) is -1.49. The highest BCUT2D eigenvalue weighted by atomic mass is 16.4. The number of amides is 1. The molecule has 3 N–H and O–H groups in total. The van der Waals surface area contributed by atoms with Crippen LogP contribution in [0.25, 0.3) is 0 Å². The first-order valence-corrected chi connectivity index (χ1v) is 6.62. The van der Waals surface area contributed by atoms with Gasteiger partial charge >= 0.3 is 5.97 Å². The number of rotatable bonds is 6. The Kier molecular flexibility index (Phi) is 5.27. The second-order valence-corrected chi connectivity index (χ2v) is 5.29. The molecule has 0 spiro atoms. The Hall–Kier alpha value is -1.88. The zero-order chi connectivity index (χ0) is 15.3. The van der Waals surface area contributed by atoms with Crippen LogP contribution in [0.4, 0.5) is 0 Å². The molecule has 110 valence electrons. The van der Waals surface area contributed by atoms with E-state index in [0.29, 0.717) is 24.0 Å². The van der Waals surface area contributed by atoms with Crippen LogP contribution >= 0.6 is 0 Å². The summed E-state index contributed by atoms with van der Waals surface area (Å²) < 4.78 is 0. The molecule has 1 aromatic rings. The quantitative estimate of drug-likeness (QED) is 0.742. The lowest BCUT2D eigenvalue weighted by Gasteiger charge is -2.19. The normalized spacial score (nSPS) is 12.8. The van der Waals surface area contributed by atoms with Crippen molar-refractivity contribution >= 4 is 11.9 Å². The molecule has 0 aliphatic heterocycles. The third-order valence-corrected chi connectivity index (χ3v) is 3.01. The number of carboxylic acid groups (broad SMARTS) is 1. The van der Waals surface area contributed by atoms with Crippen LogP contribution in [0, 0.1) is 0 Å². The summed E-state index contributed by atoms with van der Waals surface area (Å²) in [6, 6.07) is 5.66. The van der Waals surface area contributed by atoms with E-state index in [0.717, 1.165) is 0 Å². The van der Waals surface area contributed by atoms with Gasteiger partial charge in [-0.3, -0.25) is 4.79 Å². The van der Waals surface area contributed by atoms with Gasteiger partial charge in [-0.2, -0.15) is 0 Å². The SMILES string of the molecule is CCCC(NC(=O)c1cccc(C(C)(C)O)c1)C(=O)O. The number of aliphatic carboxylic acids is 1. The highest BCUT2D eigenvalue weighted by Crippen LogP contribution is 2.20. The molecule has 5 nitrogen and oxygen atoms in total. The fraction of sp³-hybridized carbons (Fsp3) is 0.467. The zero-order valence-electron chi connectivity index (χ0n) is 12.0. The van der Waals surface area contributed by atoms with Crippen molar-refractivity contribution < 1.29 is 19.8 Å². The van der Waals surface area contributed by atoms with Crippen molar-refractivity contribution in [2.24, 2.45) is 0 Å². The molecule has 1 atom stereocenters. The first kappa shape index (κ1) is 16.2. The Balaban J connectivity index is 2.89. The van der Waals surface area contributed by atoms with Gasteiger partial charge in [0.05, 0.1) is 5.60 Å². The van der Waals surface area contributed by atoms with Crippen molar-refractivity contribution in [2.45, 2.75) is 45.3 Å². The monoisotopic (exact) mass is 279 g/mol. The number of carboxylic acids is 1. The summed E-state index contributed by atoms with van der Waals surface area (Å²) in [4.78, 5) is 23.1. The molecule has 0 fully saturated rings. The molecule has 20 heavy (non-hydrogen) atoms. The number of carbonyl (C=O) groups excluding carboxylic acids is 1. The second-order valence-electron chi connectivity index (χ2n) is 5.29. The molecule has 5 heteroatoms. The summed E-state index contributed by atoms with van der Waals surface area (Å²) in [6.07, 6.45) is 1.05. The summed E-state index contributed by atoms with van der Waals surface area (Å²) in [5, 5.41) is 21.4. The molecule has 0 bridgehead atoms. The maximum atomic E-state index is 12.1. The van der Waals surface area contributed by atoms with Crippen molar-refractivity contribution in [3.05, 3.63) is 35.4 Å². The van der Waals surface area contributed by atoms with E-state index in [1.807, 2.05) is 6.92 Å². The van der Waals surface area contributed by atoms with Crippen LogP contribution in [0.1, 0.15) is 49.5 Å². The average Bonchev–Trinajstić information content (AvgIpc) is 2.37. The van der Waals surface area contributed by atoms with Gasteiger partial charge < -0.3 is 15.5 Å². The molecule has 1 rings (SSSR count). The smallest absolute Gasteiger partial charge is 0.326 e. The Bertz CT molecular complexity index is 491. The summed E-state index contributed by atoms with van der Waals surface area (Å²) in [7, 11) is 0. The van der Waals surface area contributed by atoms with Gasteiger partial charge in [-0.15, -0.1) is 0 Å². The van der Waals surface area contributed by atoms with Crippen molar-refractivity contribution in [1.82, 2.24) is 5.32 Å². The fourth-order valence-electron chi connectivity index (χ4n) is 1.83. The number of benzene rings is 1. The fourth-order valence-corrected chi connectivity index (χ4v) is 1.83. The van der Waals surface area contributed by atoms with E-state index in [4.69, 9.17) is 5.11 Å². The van der Waals surface area contributed by atoms with Crippen LogP contribution in [0.3, 0.4) is 0 Å². The lowest BCUT2D eigenvalue weighted by Crippen LogP contribution is -2.40. The van der Waals surface area contributed by atoms with Gasteiger partial charge in [0.15, 0.2) is 0 Å². The summed E-state index contributed by atoms with van der Waals surface area (Å²) in [5.41, 5.74) is -0.106.